The maximum absolute atomic E-state index is 10.2. The first-order valence-electron chi connectivity index (χ1n) is 11.9. The molecule has 0 bridgehead atoms. The van der Waals surface area contributed by atoms with Crippen LogP contribution >= 0.6 is 0 Å². The molecule has 4 N–H and O–H groups in total. The Morgan fingerprint density at radius 1 is 1.06 bits per heavy atom. The summed E-state index contributed by atoms with van der Waals surface area (Å²) in [5.74, 6) is 1.68. The Balaban J connectivity index is 0.000000239. The van der Waals surface area contributed by atoms with Gasteiger partial charge in [0.05, 0.1) is 11.8 Å². The highest BCUT2D eigenvalue weighted by Gasteiger charge is 2.22. The number of nitrogens with two attached hydrogens (primary N) is 1. The first-order valence-corrected chi connectivity index (χ1v) is 11.9. The molecule has 0 aliphatic heterocycles. The summed E-state index contributed by atoms with van der Waals surface area (Å²) in [4.78, 5) is 22.7. The van der Waals surface area contributed by atoms with Crippen LogP contribution in [0.2, 0.25) is 0 Å². The number of aromatic nitrogens is 3. The summed E-state index contributed by atoms with van der Waals surface area (Å²) < 4.78 is 0. The minimum Gasteiger partial charge on any atom is -0.388 e. The fraction of sp³-hybridized carbons (Fsp3) is 0.462. The van der Waals surface area contributed by atoms with Gasteiger partial charge in [0, 0.05) is 48.1 Å². The molecule has 6 rings (SSSR count). The predicted molar refractivity (Wildman–Crippen MR) is 132 cm³/mol. The zero-order valence-electron chi connectivity index (χ0n) is 19.3. The molecule has 0 saturated heterocycles. The van der Waals surface area contributed by atoms with Gasteiger partial charge >= 0.3 is 0 Å². The highest BCUT2D eigenvalue weighted by Crippen LogP contribution is 2.36. The number of aliphatic hydroxyl groups is 1. The number of hydrogen-bond acceptors (Lipinski definition) is 7. The number of nitrogen functional groups attached to an aromatic ring is 1. The summed E-state index contributed by atoms with van der Waals surface area (Å²) in [6, 6.07) is 3.96. The lowest BCUT2D eigenvalue weighted by Gasteiger charge is -2.23. The van der Waals surface area contributed by atoms with Crippen LogP contribution in [0.5, 0.6) is 0 Å². The first kappa shape index (κ1) is 23.1. The lowest BCUT2D eigenvalue weighted by Crippen LogP contribution is -2.11. The lowest BCUT2D eigenvalue weighted by molar-refractivity contribution is -0.108. The molecule has 2 fully saturated rings. The SMILES string of the molecule is C1CCC1.CNc1cc2cc(-c3cncc4c3CCCC4O)nc(N)c2cn1.O=CC1CC1. The average molecular weight is 448 g/mol. The van der Waals surface area contributed by atoms with Gasteiger partial charge in [0.25, 0.3) is 0 Å². The van der Waals surface area contributed by atoms with E-state index in [1.54, 1.807) is 12.4 Å². The second-order valence-corrected chi connectivity index (χ2v) is 8.98. The van der Waals surface area contributed by atoms with Gasteiger partial charge in [-0.3, -0.25) is 4.98 Å². The number of anilines is 2. The standard InChI is InChI=1S/C18H19N5O.C4H6O.C4H8/c1-20-17-6-10-5-15(23-18(19)12(10)9-22-17)13-7-21-8-14-11(13)3-2-4-16(14)24;5-3-4-1-2-4;1-2-4-3-1/h5-9,16,24H,2-4H2,1H3,(H2,19,23)(H,20,22);3-4H,1-2H2;1-4H2. The molecule has 2 saturated carbocycles. The van der Waals surface area contributed by atoms with Gasteiger partial charge in [-0.05, 0) is 55.2 Å². The molecule has 0 aromatic carbocycles. The van der Waals surface area contributed by atoms with E-state index in [-0.39, 0.29) is 0 Å². The number of nitrogens with zero attached hydrogens (tertiary/aromatic N) is 3. The van der Waals surface area contributed by atoms with Gasteiger partial charge in [-0.15, -0.1) is 0 Å². The normalized spacial score (nSPS) is 18.5. The van der Waals surface area contributed by atoms with Crippen LogP contribution in [0.1, 0.15) is 68.6 Å². The van der Waals surface area contributed by atoms with Crippen LogP contribution in [0, 0.1) is 5.92 Å². The number of fused-ring (bicyclic) bond motifs is 2. The molecule has 3 heterocycles. The maximum Gasteiger partial charge on any atom is 0.133 e. The van der Waals surface area contributed by atoms with Crippen molar-refractivity contribution in [3.05, 3.63) is 41.9 Å². The van der Waals surface area contributed by atoms with Gasteiger partial charge in [0.1, 0.15) is 17.9 Å². The quantitative estimate of drug-likeness (QED) is 0.492. The second-order valence-electron chi connectivity index (χ2n) is 8.98. The van der Waals surface area contributed by atoms with Gasteiger partial charge in [0.2, 0.25) is 0 Å². The van der Waals surface area contributed by atoms with E-state index in [2.05, 4.69) is 20.3 Å². The fourth-order valence-corrected chi connectivity index (χ4v) is 3.85. The van der Waals surface area contributed by atoms with Crippen molar-refractivity contribution < 1.29 is 9.90 Å². The maximum atomic E-state index is 10.2. The van der Waals surface area contributed by atoms with E-state index in [0.717, 1.165) is 77.4 Å². The van der Waals surface area contributed by atoms with Crippen LogP contribution in [0.3, 0.4) is 0 Å². The van der Waals surface area contributed by atoms with E-state index in [1.165, 1.54) is 25.7 Å². The molecule has 174 valence electrons. The third-order valence-corrected chi connectivity index (χ3v) is 6.45. The summed E-state index contributed by atoms with van der Waals surface area (Å²) in [7, 11) is 1.83. The molecular formula is C26H33N5O2. The largest absolute Gasteiger partial charge is 0.388 e. The van der Waals surface area contributed by atoms with Gasteiger partial charge in [-0.25, -0.2) is 9.97 Å². The zero-order chi connectivity index (χ0) is 23.2. The summed E-state index contributed by atoms with van der Waals surface area (Å²) in [5, 5.41) is 15.1. The summed E-state index contributed by atoms with van der Waals surface area (Å²) in [6.07, 6.45) is 16.8. The minimum atomic E-state index is -0.445. The van der Waals surface area contributed by atoms with Crippen molar-refractivity contribution >= 4 is 28.7 Å². The highest BCUT2D eigenvalue weighted by atomic mass is 16.3. The zero-order valence-corrected chi connectivity index (χ0v) is 19.3. The molecule has 3 aliphatic carbocycles. The number of aldehydes is 1. The van der Waals surface area contributed by atoms with Crippen molar-refractivity contribution in [2.45, 2.75) is 63.9 Å². The molecule has 3 aromatic heterocycles. The Bertz CT molecular complexity index is 1110. The molecule has 7 heteroatoms. The van der Waals surface area contributed by atoms with Crippen molar-refractivity contribution in [3.63, 3.8) is 0 Å². The van der Waals surface area contributed by atoms with Gasteiger partial charge in [-0.1, -0.05) is 25.7 Å². The second kappa shape index (κ2) is 10.7. The number of pyridine rings is 3. The van der Waals surface area contributed by atoms with Gasteiger partial charge < -0.3 is 21.0 Å². The Morgan fingerprint density at radius 3 is 2.42 bits per heavy atom. The number of carbonyl (C=O) groups is 1. The Hall–Kier alpha value is -3.06. The Kier molecular flexibility index (Phi) is 7.50. The molecule has 0 radical (unpaired) electrons. The minimum absolute atomic E-state index is 0.445. The molecule has 1 unspecified atom stereocenters. The molecule has 0 amide bonds. The lowest BCUT2D eigenvalue weighted by atomic mass is 9.87. The van der Waals surface area contributed by atoms with Crippen molar-refractivity contribution in [2.24, 2.45) is 5.92 Å². The van der Waals surface area contributed by atoms with Crippen molar-refractivity contribution in [1.82, 2.24) is 15.0 Å². The predicted octanol–water partition coefficient (Wildman–Crippen LogP) is 4.84. The topological polar surface area (TPSA) is 114 Å². The fourth-order valence-electron chi connectivity index (χ4n) is 3.85. The number of rotatable bonds is 3. The van der Waals surface area contributed by atoms with Crippen molar-refractivity contribution in [1.29, 1.82) is 0 Å². The number of aliphatic hydroxyl groups excluding tert-OH is 1. The Morgan fingerprint density at radius 2 is 1.82 bits per heavy atom. The van der Waals surface area contributed by atoms with Crippen LogP contribution in [-0.2, 0) is 11.2 Å². The molecule has 1 atom stereocenters. The van der Waals surface area contributed by atoms with Crippen LogP contribution in [0.25, 0.3) is 22.0 Å². The van der Waals surface area contributed by atoms with Crippen molar-refractivity contribution in [2.75, 3.05) is 18.1 Å². The van der Waals surface area contributed by atoms with E-state index in [9.17, 15) is 9.90 Å². The Labute approximate surface area is 194 Å². The molecular weight excluding hydrogens is 414 g/mol. The molecule has 3 aliphatic rings. The summed E-state index contributed by atoms with van der Waals surface area (Å²) in [5.41, 5.74) is 9.91. The smallest absolute Gasteiger partial charge is 0.133 e. The number of carbonyl (C=O) groups excluding carboxylic acids is 1. The molecule has 0 spiro atoms. The summed E-state index contributed by atoms with van der Waals surface area (Å²) in [6.45, 7) is 0. The summed E-state index contributed by atoms with van der Waals surface area (Å²) >= 11 is 0. The third kappa shape index (κ3) is 5.66. The number of hydrogen-bond donors (Lipinski definition) is 3. The van der Waals surface area contributed by atoms with E-state index in [4.69, 9.17) is 5.73 Å². The average Bonchev–Trinajstić information content (AvgIpc) is 3.63. The van der Waals surface area contributed by atoms with E-state index in [0.29, 0.717) is 11.7 Å². The first-order chi connectivity index (χ1) is 16.1. The van der Waals surface area contributed by atoms with Crippen molar-refractivity contribution in [3.8, 4) is 11.3 Å². The molecule has 33 heavy (non-hydrogen) atoms. The third-order valence-electron chi connectivity index (χ3n) is 6.45. The van der Waals surface area contributed by atoms with E-state index < -0.39 is 6.10 Å². The van der Waals surface area contributed by atoms with Gasteiger partial charge in [-0.2, -0.15) is 0 Å². The molecule has 7 nitrogen and oxygen atoms in total. The van der Waals surface area contributed by atoms with Crippen LogP contribution in [0.4, 0.5) is 11.6 Å². The highest BCUT2D eigenvalue weighted by molar-refractivity contribution is 5.94. The molecule has 3 aromatic rings. The number of nitrogens with one attached hydrogen (secondary N) is 1. The van der Waals surface area contributed by atoms with Crippen LogP contribution < -0.4 is 11.1 Å². The monoisotopic (exact) mass is 447 g/mol. The van der Waals surface area contributed by atoms with Crippen LogP contribution in [-0.4, -0.2) is 33.4 Å². The van der Waals surface area contributed by atoms with E-state index in [1.807, 2.05) is 25.4 Å². The van der Waals surface area contributed by atoms with E-state index >= 15 is 0 Å². The van der Waals surface area contributed by atoms with Gasteiger partial charge in [0.15, 0.2) is 0 Å². The van der Waals surface area contributed by atoms with Crippen LogP contribution in [0.15, 0.2) is 30.7 Å².